The molecule has 2 aliphatic rings. The summed E-state index contributed by atoms with van der Waals surface area (Å²) in [5.41, 5.74) is 0.775. The first kappa shape index (κ1) is 18.0. The molecule has 0 aliphatic carbocycles. The van der Waals surface area contributed by atoms with Crippen molar-refractivity contribution in [1.82, 2.24) is 4.90 Å². The molecule has 2 aliphatic heterocycles. The molecule has 1 fully saturated rings. The van der Waals surface area contributed by atoms with E-state index in [0.29, 0.717) is 36.9 Å². The molecule has 2 heterocycles. The quantitative estimate of drug-likeness (QED) is 0.873. The maximum atomic E-state index is 13.4. The molecule has 1 saturated heterocycles. The Morgan fingerprint density at radius 2 is 1.79 bits per heavy atom. The minimum absolute atomic E-state index is 0.159. The third-order valence-corrected chi connectivity index (χ3v) is 4.47. The van der Waals surface area contributed by atoms with Crippen molar-refractivity contribution in [2.45, 2.75) is 0 Å². The van der Waals surface area contributed by atoms with Crippen LogP contribution in [0.4, 0.5) is 25.0 Å². The van der Waals surface area contributed by atoms with E-state index in [1.54, 1.807) is 18.2 Å². The van der Waals surface area contributed by atoms with Crippen LogP contribution in [0.1, 0.15) is 0 Å². The summed E-state index contributed by atoms with van der Waals surface area (Å²) in [5, 5.41) is 2.71. The number of amides is 3. The Morgan fingerprint density at radius 3 is 2.57 bits per heavy atom. The largest absolute Gasteiger partial charge is 0.486 e. The predicted octanol–water partition coefficient (Wildman–Crippen LogP) is 2.62. The Balaban J connectivity index is 1.38. The summed E-state index contributed by atoms with van der Waals surface area (Å²) in [7, 11) is 0. The van der Waals surface area contributed by atoms with Gasteiger partial charge in [0.25, 0.3) is 0 Å². The van der Waals surface area contributed by atoms with E-state index in [9.17, 15) is 18.4 Å². The van der Waals surface area contributed by atoms with Gasteiger partial charge in [0, 0.05) is 36.6 Å². The van der Waals surface area contributed by atoms with Crippen molar-refractivity contribution in [3.8, 4) is 11.5 Å². The Labute approximate surface area is 159 Å². The Hall–Kier alpha value is -3.36. The van der Waals surface area contributed by atoms with Gasteiger partial charge in [0.1, 0.15) is 19.8 Å². The van der Waals surface area contributed by atoms with Gasteiger partial charge in [-0.2, -0.15) is 0 Å². The molecule has 9 heteroatoms. The predicted molar refractivity (Wildman–Crippen MR) is 96.7 cm³/mol. The van der Waals surface area contributed by atoms with Crippen molar-refractivity contribution in [2.24, 2.45) is 0 Å². The van der Waals surface area contributed by atoms with Crippen molar-refractivity contribution >= 4 is 23.3 Å². The van der Waals surface area contributed by atoms with E-state index in [0.717, 1.165) is 12.1 Å². The molecular formula is C19H17F2N3O4. The van der Waals surface area contributed by atoms with Crippen LogP contribution in [0.2, 0.25) is 0 Å². The molecule has 28 heavy (non-hydrogen) atoms. The lowest BCUT2D eigenvalue weighted by Crippen LogP contribution is -2.37. The summed E-state index contributed by atoms with van der Waals surface area (Å²) in [6.45, 7) is 1.33. The van der Waals surface area contributed by atoms with Crippen LogP contribution in [-0.2, 0) is 4.79 Å². The SMILES string of the molecule is O=C(CN1CCN(c2ccc(F)c(F)c2)C1=O)Nc1ccc2c(c1)OCCO2. The first-order chi connectivity index (χ1) is 13.5. The van der Waals surface area contributed by atoms with Crippen LogP contribution in [0.15, 0.2) is 36.4 Å². The van der Waals surface area contributed by atoms with Crippen LogP contribution >= 0.6 is 0 Å². The number of carbonyl (C=O) groups is 2. The molecule has 0 unspecified atom stereocenters. The van der Waals surface area contributed by atoms with E-state index < -0.39 is 17.7 Å². The van der Waals surface area contributed by atoms with Crippen LogP contribution in [0.5, 0.6) is 11.5 Å². The van der Waals surface area contributed by atoms with Gasteiger partial charge >= 0.3 is 6.03 Å². The number of anilines is 2. The van der Waals surface area contributed by atoms with E-state index in [4.69, 9.17) is 9.47 Å². The van der Waals surface area contributed by atoms with Gasteiger partial charge in [0.2, 0.25) is 5.91 Å². The Kier molecular flexibility index (Phi) is 4.72. The van der Waals surface area contributed by atoms with Gasteiger partial charge in [-0.1, -0.05) is 0 Å². The fourth-order valence-electron chi connectivity index (χ4n) is 3.12. The van der Waals surface area contributed by atoms with E-state index in [2.05, 4.69) is 5.32 Å². The summed E-state index contributed by atoms with van der Waals surface area (Å²) >= 11 is 0. The van der Waals surface area contributed by atoms with Crippen LogP contribution in [0, 0.1) is 11.6 Å². The highest BCUT2D eigenvalue weighted by Crippen LogP contribution is 2.32. The average molecular weight is 389 g/mol. The first-order valence-corrected chi connectivity index (χ1v) is 8.72. The van der Waals surface area contributed by atoms with E-state index in [1.807, 2.05) is 0 Å². The van der Waals surface area contributed by atoms with Gasteiger partial charge in [0.05, 0.1) is 0 Å². The van der Waals surface area contributed by atoms with Crippen molar-refractivity contribution in [1.29, 1.82) is 0 Å². The van der Waals surface area contributed by atoms with Gasteiger partial charge < -0.3 is 19.7 Å². The van der Waals surface area contributed by atoms with Gasteiger partial charge in [-0.3, -0.25) is 9.69 Å². The molecule has 0 aromatic heterocycles. The Bertz CT molecular complexity index is 937. The highest BCUT2D eigenvalue weighted by Gasteiger charge is 2.31. The maximum Gasteiger partial charge on any atom is 0.325 e. The fraction of sp³-hybridized carbons (Fsp3) is 0.263. The van der Waals surface area contributed by atoms with Crippen LogP contribution in [-0.4, -0.2) is 49.7 Å². The molecule has 0 bridgehead atoms. The van der Waals surface area contributed by atoms with Gasteiger partial charge in [-0.15, -0.1) is 0 Å². The molecule has 2 aromatic rings. The van der Waals surface area contributed by atoms with Crippen LogP contribution < -0.4 is 19.7 Å². The minimum atomic E-state index is -1.03. The molecule has 3 amide bonds. The number of hydrogen-bond donors (Lipinski definition) is 1. The molecule has 2 aromatic carbocycles. The number of nitrogens with one attached hydrogen (secondary N) is 1. The molecule has 0 spiro atoms. The van der Waals surface area contributed by atoms with Crippen LogP contribution in [0.3, 0.4) is 0 Å². The summed E-state index contributed by atoms with van der Waals surface area (Å²) in [5.74, 6) is -1.23. The number of hydrogen-bond acceptors (Lipinski definition) is 4. The second-order valence-electron chi connectivity index (χ2n) is 6.36. The molecule has 0 saturated carbocycles. The number of fused-ring (bicyclic) bond motifs is 1. The number of nitrogens with zero attached hydrogens (tertiary/aromatic N) is 2. The zero-order chi connectivity index (χ0) is 19.7. The lowest BCUT2D eigenvalue weighted by Gasteiger charge is -2.20. The maximum absolute atomic E-state index is 13.4. The van der Waals surface area contributed by atoms with Crippen molar-refractivity contribution in [2.75, 3.05) is 43.1 Å². The standard InChI is InChI=1S/C19H17F2N3O4/c20-14-3-2-13(10-15(14)21)24-6-5-23(19(24)26)11-18(25)22-12-1-4-16-17(9-12)28-8-7-27-16/h1-4,9-10H,5-8,11H2,(H,22,25). The zero-order valence-electron chi connectivity index (χ0n) is 14.8. The number of ether oxygens (including phenoxy) is 2. The zero-order valence-corrected chi connectivity index (χ0v) is 14.8. The second kappa shape index (κ2) is 7.34. The topological polar surface area (TPSA) is 71.1 Å². The molecule has 146 valence electrons. The number of rotatable bonds is 4. The van der Waals surface area contributed by atoms with E-state index >= 15 is 0 Å². The van der Waals surface area contributed by atoms with Gasteiger partial charge in [-0.05, 0) is 24.3 Å². The van der Waals surface area contributed by atoms with Gasteiger partial charge in [-0.25, -0.2) is 13.6 Å². The molecule has 0 radical (unpaired) electrons. The van der Waals surface area contributed by atoms with E-state index in [-0.39, 0.29) is 24.7 Å². The van der Waals surface area contributed by atoms with Crippen molar-refractivity contribution in [3.63, 3.8) is 0 Å². The smallest absolute Gasteiger partial charge is 0.325 e. The molecule has 7 nitrogen and oxygen atoms in total. The second-order valence-corrected chi connectivity index (χ2v) is 6.36. The fourth-order valence-corrected chi connectivity index (χ4v) is 3.12. The number of urea groups is 1. The third-order valence-electron chi connectivity index (χ3n) is 4.47. The average Bonchev–Trinajstić information content (AvgIpc) is 3.04. The molecule has 1 N–H and O–H groups in total. The van der Waals surface area contributed by atoms with Crippen molar-refractivity contribution in [3.05, 3.63) is 48.0 Å². The van der Waals surface area contributed by atoms with Gasteiger partial charge in [0.15, 0.2) is 23.1 Å². The molecular weight excluding hydrogens is 372 g/mol. The monoisotopic (exact) mass is 389 g/mol. The van der Waals surface area contributed by atoms with E-state index in [1.165, 1.54) is 15.9 Å². The minimum Gasteiger partial charge on any atom is -0.486 e. The molecule has 4 rings (SSSR count). The highest BCUT2D eigenvalue weighted by molar-refractivity contribution is 5.99. The summed E-state index contributed by atoms with van der Waals surface area (Å²) in [4.78, 5) is 27.5. The highest BCUT2D eigenvalue weighted by atomic mass is 19.2. The summed E-state index contributed by atoms with van der Waals surface area (Å²) in [6.07, 6.45) is 0. The third kappa shape index (κ3) is 3.55. The molecule has 0 atom stereocenters. The number of benzene rings is 2. The van der Waals surface area contributed by atoms with Crippen molar-refractivity contribution < 1.29 is 27.8 Å². The number of carbonyl (C=O) groups excluding carboxylic acids is 2. The van der Waals surface area contributed by atoms with Crippen LogP contribution in [0.25, 0.3) is 0 Å². The number of halogens is 2. The normalized spacial score (nSPS) is 15.7. The summed E-state index contributed by atoms with van der Waals surface area (Å²) < 4.78 is 37.4. The Morgan fingerprint density at radius 1 is 1.00 bits per heavy atom. The lowest BCUT2D eigenvalue weighted by molar-refractivity contribution is -0.116. The lowest BCUT2D eigenvalue weighted by atomic mass is 10.2. The first-order valence-electron chi connectivity index (χ1n) is 8.72. The summed E-state index contributed by atoms with van der Waals surface area (Å²) in [6, 6.07) is 7.87.